The van der Waals surface area contributed by atoms with Crippen LogP contribution in [0, 0.1) is 0 Å². The second kappa shape index (κ2) is 8.02. The fourth-order valence-electron chi connectivity index (χ4n) is 2.81. The lowest BCUT2D eigenvalue weighted by Crippen LogP contribution is -2.30. The Balaban J connectivity index is 1.56. The monoisotopic (exact) mass is 460 g/mol. The number of aromatic nitrogens is 1. The third-order valence-corrected chi connectivity index (χ3v) is 6.33. The summed E-state index contributed by atoms with van der Waals surface area (Å²) in [5.74, 6) is 0.261. The highest BCUT2D eigenvalue weighted by Gasteiger charge is 2.19. The number of H-pyrrole nitrogens is 1. The van der Waals surface area contributed by atoms with E-state index >= 15 is 0 Å². The molecule has 0 unspecified atom stereocenters. The standard InChI is InChI=1S/C21H14Cl2N2O4S/c22-17-8-6-15(12-18(17)23)29-14-7-9-19-13(10-14)11-20(24-19)21(26)25-30(27,28)16-4-2-1-3-5-16/h1-12,24H,(H,25,26). The Morgan fingerprint density at radius 3 is 2.30 bits per heavy atom. The quantitative estimate of drug-likeness (QED) is 0.418. The summed E-state index contributed by atoms with van der Waals surface area (Å²) in [5, 5.41) is 1.47. The number of benzene rings is 3. The van der Waals surface area contributed by atoms with E-state index in [-0.39, 0.29) is 10.6 Å². The van der Waals surface area contributed by atoms with Crippen molar-refractivity contribution in [3.05, 3.63) is 88.5 Å². The number of halogens is 2. The summed E-state index contributed by atoms with van der Waals surface area (Å²) in [4.78, 5) is 15.4. The van der Waals surface area contributed by atoms with E-state index in [1.807, 2.05) is 0 Å². The lowest BCUT2D eigenvalue weighted by Gasteiger charge is -2.06. The highest BCUT2D eigenvalue weighted by atomic mass is 35.5. The number of carbonyl (C=O) groups is 1. The van der Waals surface area contributed by atoms with Gasteiger partial charge in [0.05, 0.1) is 14.9 Å². The number of sulfonamides is 1. The predicted molar refractivity (Wildman–Crippen MR) is 116 cm³/mol. The van der Waals surface area contributed by atoms with Gasteiger partial charge in [0.25, 0.3) is 15.9 Å². The molecule has 152 valence electrons. The van der Waals surface area contributed by atoms with E-state index in [9.17, 15) is 13.2 Å². The van der Waals surface area contributed by atoms with Gasteiger partial charge in [0, 0.05) is 17.0 Å². The number of ether oxygens (including phenoxy) is 1. The molecule has 1 heterocycles. The summed E-state index contributed by atoms with van der Waals surface area (Å²) in [6.45, 7) is 0. The molecule has 0 bridgehead atoms. The summed E-state index contributed by atoms with van der Waals surface area (Å²) >= 11 is 11.9. The van der Waals surface area contributed by atoms with Gasteiger partial charge in [0.15, 0.2) is 0 Å². The summed E-state index contributed by atoms with van der Waals surface area (Å²) < 4.78 is 32.5. The molecule has 2 N–H and O–H groups in total. The van der Waals surface area contributed by atoms with E-state index in [1.165, 1.54) is 12.1 Å². The van der Waals surface area contributed by atoms with Crippen LogP contribution in [-0.4, -0.2) is 19.3 Å². The first-order valence-corrected chi connectivity index (χ1v) is 10.9. The Kier molecular flexibility index (Phi) is 5.42. The molecule has 1 aromatic heterocycles. The van der Waals surface area contributed by atoms with E-state index in [1.54, 1.807) is 60.7 Å². The van der Waals surface area contributed by atoms with Crippen molar-refractivity contribution >= 4 is 50.0 Å². The topological polar surface area (TPSA) is 88.3 Å². The zero-order valence-corrected chi connectivity index (χ0v) is 17.6. The van der Waals surface area contributed by atoms with Crippen molar-refractivity contribution in [3.8, 4) is 11.5 Å². The SMILES string of the molecule is O=C(NS(=O)(=O)c1ccccc1)c1cc2cc(Oc3ccc(Cl)c(Cl)c3)ccc2[nH]1. The molecule has 0 radical (unpaired) electrons. The second-order valence-corrected chi connectivity index (χ2v) is 8.85. The molecule has 30 heavy (non-hydrogen) atoms. The van der Waals surface area contributed by atoms with Gasteiger partial charge in [0.1, 0.15) is 17.2 Å². The van der Waals surface area contributed by atoms with Crippen LogP contribution in [0.3, 0.4) is 0 Å². The molecule has 3 aromatic carbocycles. The Bertz CT molecular complexity index is 1350. The molecular weight excluding hydrogens is 447 g/mol. The van der Waals surface area contributed by atoms with Crippen LogP contribution in [0.1, 0.15) is 10.5 Å². The maximum Gasteiger partial charge on any atom is 0.281 e. The first-order valence-electron chi connectivity index (χ1n) is 8.70. The van der Waals surface area contributed by atoms with Crippen LogP contribution in [0.4, 0.5) is 0 Å². The summed E-state index contributed by atoms with van der Waals surface area (Å²) in [7, 11) is -3.97. The Morgan fingerprint density at radius 2 is 1.57 bits per heavy atom. The third-order valence-electron chi connectivity index (χ3n) is 4.24. The van der Waals surface area contributed by atoms with Crippen molar-refractivity contribution in [3.63, 3.8) is 0 Å². The van der Waals surface area contributed by atoms with Crippen LogP contribution in [-0.2, 0) is 10.0 Å². The molecule has 0 aliphatic heterocycles. The first-order chi connectivity index (χ1) is 14.3. The molecule has 1 amide bonds. The van der Waals surface area contributed by atoms with Crippen molar-refractivity contribution < 1.29 is 17.9 Å². The van der Waals surface area contributed by atoms with Crippen molar-refractivity contribution in [2.75, 3.05) is 0 Å². The van der Waals surface area contributed by atoms with E-state index in [2.05, 4.69) is 9.71 Å². The summed E-state index contributed by atoms with van der Waals surface area (Å²) in [5.41, 5.74) is 0.759. The molecule has 0 aliphatic carbocycles. The van der Waals surface area contributed by atoms with Crippen LogP contribution in [0.15, 0.2) is 77.7 Å². The number of fused-ring (bicyclic) bond motifs is 1. The Morgan fingerprint density at radius 1 is 0.867 bits per heavy atom. The second-order valence-electron chi connectivity index (χ2n) is 6.36. The Labute approximate surface area is 182 Å². The van der Waals surface area contributed by atoms with Gasteiger partial charge >= 0.3 is 0 Å². The molecule has 4 aromatic rings. The van der Waals surface area contributed by atoms with Crippen LogP contribution < -0.4 is 9.46 Å². The van der Waals surface area contributed by atoms with Crippen LogP contribution in [0.25, 0.3) is 10.9 Å². The van der Waals surface area contributed by atoms with E-state index in [0.717, 1.165) is 0 Å². The Hall–Kier alpha value is -3.00. The number of aromatic amines is 1. The van der Waals surface area contributed by atoms with Crippen molar-refractivity contribution in [2.24, 2.45) is 0 Å². The molecule has 0 saturated carbocycles. The zero-order valence-electron chi connectivity index (χ0n) is 15.2. The largest absolute Gasteiger partial charge is 0.457 e. The fraction of sp³-hybridized carbons (Fsp3) is 0. The van der Waals surface area contributed by atoms with Gasteiger partial charge in [0.2, 0.25) is 0 Å². The minimum absolute atomic E-state index is 0.00627. The molecule has 0 atom stereocenters. The molecule has 0 saturated heterocycles. The van der Waals surface area contributed by atoms with Crippen molar-refractivity contribution in [1.29, 1.82) is 0 Å². The maximum atomic E-state index is 12.5. The minimum atomic E-state index is -3.97. The molecular formula is C21H14Cl2N2O4S. The minimum Gasteiger partial charge on any atom is -0.457 e. The number of carbonyl (C=O) groups excluding carboxylic acids is 1. The van der Waals surface area contributed by atoms with E-state index in [0.29, 0.717) is 32.4 Å². The average molecular weight is 461 g/mol. The zero-order chi connectivity index (χ0) is 21.3. The molecule has 9 heteroatoms. The van der Waals surface area contributed by atoms with Gasteiger partial charge < -0.3 is 9.72 Å². The van der Waals surface area contributed by atoms with Crippen LogP contribution in [0.5, 0.6) is 11.5 Å². The van der Waals surface area contributed by atoms with Gasteiger partial charge in [-0.25, -0.2) is 13.1 Å². The highest BCUT2D eigenvalue weighted by Crippen LogP contribution is 2.31. The van der Waals surface area contributed by atoms with Crippen LogP contribution >= 0.6 is 23.2 Å². The molecule has 0 aliphatic rings. The third kappa shape index (κ3) is 4.28. The molecule has 6 nitrogen and oxygen atoms in total. The fourth-order valence-corrected chi connectivity index (χ4v) is 4.08. The highest BCUT2D eigenvalue weighted by molar-refractivity contribution is 7.90. The average Bonchev–Trinajstić information content (AvgIpc) is 3.15. The first kappa shape index (κ1) is 20.3. The van der Waals surface area contributed by atoms with Gasteiger partial charge in [-0.15, -0.1) is 0 Å². The number of rotatable bonds is 5. The molecule has 4 rings (SSSR count). The molecule has 0 spiro atoms. The predicted octanol–water partition coefficient (Wildman–Crippen LogP) is 5.39. The lowest BCUT2D eigenvalue weighted by molar-refractivity contribution is 0.0977. The van der Waals surface area contributed by atoms with Gasteiger partial charge in [-0.05, 0) is 48.5 Å². The summed E-state index contributed by atoms with van der Waals surface area (Å²) in [6.07, 6.45) is 0. The number of hydrogen-bond acceptors (Lipinski definition) is 4. The number of hydrogen-bond donors (Lipinski definition) is 2. The molecule has 0 fully saturated rings. The van der Waals surface area contributed by atoms with Crippen LogP contribution in [0.2, 0.25) is 10.0 Å². The maximum absolute atomic E-state index is 12.5. The van der Waals surface area contributed by atoms with E-state index in [4.69, 9.17) is 27.9 Å². The number of nitrogens with one attached hydrogen (secondary N) is 2. The van der Waals surface area contributed by atoms with E-state index < -0.39 is 15.9 Å². The van der Waals surface area contributed by atoms with Crippen molar-refractivity contribution in [2.45, 2.75) is 4.90 Å². The van der Waals surface area contributed by atoms with Gasteiger partial charge in [-0.2, -0.15) is 0 Å². The normalized spacial score (nSPS) is 11.4. The van der Waals surface area contributed by atoms with Gasteiger partial charge in [-0.1, -0.05) is 41.4 Å². The smallest absolute Gasteiger partial charge is 0.281 e. The number of amides is 1. The van der Waals surface area contributed by atoms with Crippen molar-refractivity contribution in [1.82, 2.24) is 9.71 Å². The lowest BCUT2D eigenvalue weighted by atomic mass is 10.2. The van der Waals surface area contributed by atoms with Gasteiger partial charge in [-0.3, -0.25) is 4.79 Å². The summed E-state index contributed by atoms with van der Waals surface area (Å²) in [6, 6.07) is 19.3.